The third-order valence-electron chi connectivity index (χ3n) is 3.65. The molecule has 0 amide bonds. The van der Waals surface area contributed by atoms with E-state index in [4.69, 9.17) is 0 Å². The summed E-state index contributed by atoms with van der Waals surface area (Å²) >= 11 is 0. The lowest BCUT2D eigenvalue weighted by atomic mass is 9.88. The molecule has 4 nitrogen and oxygen atoms in total. The summed E-state index contributed by atoms with van der Waals surface area (Å²) in [4.78, 5) is 24.4. The number of carbonyl (C=O) groups excluding carboxylic acids is 2. The Morgan fingerprint density at radius 2 is 1.33 bits per heavy atom. The smallest absolute Gasteiger partial charge is 0.237 e. The van der Waals surface area contributed by atoms with Crippen LogP contribution in [0.1, 0.15) is 20.7 Å². The fourth-order valence-electron chi connectivity index (χ4n) is 2.67. The van der Waals surface area contributed by atoms with Gasteiger partial charge in [-0.2, -0.15) is 5.10 Å². The normalized spacial score (nSPS) is 13.0. The van der Waals surface area contributed by atoms with Crippen LogP contribution in [0, 0.1) is 0 Å². The highest BCUT2D eigenvalue weighted by atomic mass is 16.2. The van der Waals surface area contributed by atoms with E-state index in [-0.39, 0.29) is 0 Å². The molecule has 0 spiro atoms. The van der Waals surface area contributed by atoms with E-state index in [1.165, 1.54) is 6.20 Å². The van der Waals surface area contributed by atoms with Crippen LogP contribution in [0.15, 0.2) is 60.8 Å². The molecule has 1 aliphatic rings. The number of Topliss-reactive ketones (excluding diaryl/α,β-unsaturated/α-hetero) is 2. The first-order valence-electron chi connectivity index (χ1n) is 6.59. The maximum atomic E-state index is 12.2. The van der Waals surface area contributed by atoms with Gasteiger partial charge < -0.3 is 0 Å². The molecule has 0 aliphatic heterocycles. The molecule has 3 aromatic rings. The first-order chi connectivity index (χ1) is 10.3. The molecule has 0 fully saturated rings. The number of hydrogen-bond donors (Lipinski definition) is 0. The van der Waals surface area contributed by atoms with Crippen molar-refractivity contribution in [3.63, 3.8) is 0 Å². The summed E-state index contributed by atoms with van der Waals surface area (Å²) in [7, 11) is 0. The number of hydrogen-bond acceptors (Lipinski definition) is 3. The van der Waals surface area contributed by atoms with Crippen LogP contribution >= 0.6 is 0 Å². The molecule has 2 aromatic carbocycles. The van der Waals surface area contributed by atoms with Crippen molar-refractivity contribution in [1.82, 2.24) is 9.78 Å². The SMILES string of the molecule is O=C1C(=O)c2cnn(-c3ccccc3)c2-c2ccccc21. The van der Waals surface area contributed by atoms with E-state index in [0.29, 0.717) is 16.8 Å². The van der Waals surface area contributed by atoms with Crippen LogP contribution in [-0.4, -0.2) is 21.3 Å². The number of aromatic nitrogens is 2. The Morgan fingerprint density at radius 3 is 2.10 bits per heavy atom. The van der Waals surface area contributed by atoms with Crippen LogP contribution in [0.4, 0.5) is 0 Å². The molecule has 4 heteroatoms. The van der Waals surface area contributed by atoms with Gasteiger partial charge in [-0.15, -0.1) is 0 Å². The maximum absolute atomic E-state index is 12.2. The first kappa shape index (κ1) is 11.8. The molecule has 0 N–H and O–H groups in total. The van der Waals surface area contributed by atoms with Crippen molar-refractivity contribution < 1.29 is 9.59 Å². The van der Waals surface area contributed by atoms with Crippen molar-refractivity contribution in [3.8, 4) is 16.9 Å². The van der Waals surface area contributed by atoms with Crippen LogP contribution in [0.5, 0.6) is 0 Å². The lowest BCUT2D eigenvalue weighted by Crippen LogP contribution is -2.21. The number of carbonyl (C=O) groups is 2. The van der Waals surface area contributed by atoms with E-state index in [2.05, 4.69) is 5.10 Å². The van der Waals surface area contributed by atoms with Crippen LogP contribution < -0.4 is 0 Å². The average Bonchev–Trinajstić information content (AvgIpc) is 2.99. The molecule has 1 aliphatic carbocycles. The molecule has 4 rings (SSSR count). The molecule has 0 atom stereocenters. The van der Waals surface area contributed by atoms with Gasteiger partial charge in [-0.05, 0) is 12.1 Å². The zero-order valence-electron chi connectivity index (χ0n) is 11.0. The topological polar surface area (TPSA) is 52.0 Å². The van der Waals surface area contributed by atoms with Crippen LogP contribution in [0.25, 0.3) is 16.9 Å². The van der Waals surface area contributed by atoms with Crippen molar-refractivity contribution in [2.75, 3.05) is 0 Å². The van der Waals surface area contributed by atoms with Crippen molar-refractivity contribution >= 4 is 11.6 Å². The lowest BCUT2D eigenvalue weighted by Gasteiger charge is -2.16. The minimum Gasteiger partial charge on any atom is -0.285 e. The van der Waals surface area contributed by atoms with Gasteiger partial charge in [0.1, 0.15) is 0 Å². The predicted molar refractivity (Wildman–Crippen MR) is 77.7 cm³/mol. The molecule has 0 unspecified atom stereocenters. The Bertz CT molecular complexity index is 879. The average molecular weight is 274 g/mol. The second kappa shape index (κ2) is 4.24. The zero-order chi connectivity index (χ0) is 14.4. The van der Waals surface area contributed by atoms with Gasteiger partial charge in [0.25, 0.3) is 0 Å². The maximum Gasteiger partial charge on any atom is 0.237 e. The largest absolute Gasteiger partial charge is 0.285 e. The van der Waals surface area contributed by atoms with E-state index in [0.717, 1.165) is 11.3 Å². The summed E-state index contributed by atoms with van der Waals surface area (Å²) in [5.41, 5.74) is 3.09. The second-order valence-electron chi connectivity index (χ2n) is 4.86. The molecular weight excluding hydrogens is 264 g/mol. The van der Waals surface area contributed by atoms with Gasteiger partial charge in [-0.25, -0.2) is 4.68 Å². The van der Waals surface area contributed by atoms with Gasteiger partial charge in [0.05, 0.1) is 23.1 Å². The van der Waals surface area contributed by atoms with Crippen LogP contribution in [0.2, 0.25) is 0 Å². The molecule has 21 heavy (non-hydrogen) atoms. The van der Waals surface area contributed by atoms with E-state index in [1.807, 2.05) is 42.5 Å². The number of benzene rings is 2. The lowest BCUT2D eigenvalue weighted by molar-refractivity contribution is 0.0815. The summed E-state index contributed by atoms with van der Waals surface area (Å²) in [6.07, 6.45) is 1.47. The minimum absolute atomic E-state index is 0.363. The van der Waals surface area contributed by atoms with Gasteiger partial charge in [0, 0.05) is 11.1 Å². The number of nitrogens with zero attached hydrogens (tertiary/aromatic N) is 2. The Labute approximate surface area is 120 Å². The fourth-order valence-corrected chi connectivity index (χ4v) is 2.67. The highest BCUT2D eigenvalue weighted by Gasteiger charge is 2.33. The third kappa shape index (κ3) is 1.59. The second-order valence-corrected chi connectivity index (χ2v) is 4.86. The molecule has 0 bridgehead atoms. The highest BCUT2D eigenvalue weighted by molar-refractivity contribution is 6.52. The summed E-state index contributed by atoms with van der Waals surface area (Å²) in [5.74, 6) is -0.961. The Hall–Kier alpha value is -3.01. The van der Waals surface area contributed by atoms with E-state index in [1.54, 1.807) is 16.8 Å². The van der Waals surface area contributed by atoms with E-state index >= 15 is 0 Å². The summed E-state index contributed by atoms with van der Waals surface area (Å²) in [5, 5.41) is 4.30. The molecule has 0 saturated heterocycles. The molecule has 1 aromatic heterocycles. The number of rotatable bonds is 1. The molecular formula is C17H10N2O2. The quantitative estimate of drug-likeness (QED) is 0.641. The zero-order valence-corrected chi connectivity index (χ0v) is 11.0. The van der Waals surface area contributed by atoms with Gasteiger partial charge >= 0.3 is 0 Å². The van der Waals surface area contributed by atoms with Gasteiger partial charge in [0.2, 0.25) is 11.6 Å². The molecule has 0 saturated carbocycles. The Balaban J connectivity index is 2.05. The standard InChI is InChI=1S/C17H10N2O2/c20-16-13-9-5-4-8-12(13)15-14(17(16)21)10-18-19(15)11-6-2-1-3-7-11/h1-10H. The number of ketones is 2. The van der Waals surface area contributed by atoms with Gasteiger partial charge in [-0.1, -0.05) is 42.5 Å². The van der Waals surface area contributed by atoms with Crippen LogP contribution in [-0.2, 0) is 0 Å². The van der Waals surface area contributed by atoms with E-state index < -0.39 is 11.6 Å². The van der Waals surface area contributed by atoms with Crippen molar-refractivity contribution in [3.05, 3.63) is 71.9 Å². The van der Waals surface area contributed by atoms with Gasteiger partial charge in [0.15, 0.2) is 0 Å². The summed E-state index contributed by atoms with van der Waals surface area (Å²) in [6.45, 7) is 0. The molecule has 100 valence electrons. The van der Waals surface area contributed by atoms with Gasteiger partial charge in [-0.3, -0.25) is 9.59 Å². The fraction of sp³-hybridized carbons (Fsp3) is 0. The number of fused-ring (bicyclic) bond motifs is 3. The minimum atomic E-state index is -0.495. The first-order valence-corrected chi connectivity index (χ1v) is 6.59. The third-order valence-corrected chi connectivity index (χ3v) is 3.65. The van der Waals surface area contributed by atoms with Crippen molar-refractivity contribution in [1.29, 1.82) is 0 Å². The Morgan fingerprint density at radius 1 is 0.714 bits per heavy atom. The monoisotopic (exact) mass is 274 g/mol. The highest BCUT2D eigenvalue weighted by Crippen LogP contribution is 2.34. The number of para-hydroxylation sites is 1. The summed E-state index contributed by atoms with van der Waals surface area (Å²) in [6, 6.07) is 16.7. The molecule has 0 radical (unpaired) electrons. The van der Waals surface area contributed by atoms with Crippen molar-refractivity contribution in [2.45, 2.75) is 0 Å². The van der Waals surface area contributed by atoms with E-state index in [9.17, 15) is 9.59 Å². The Kier molecular flexibility index (Phi) is 2.38. The molecule has 1 heterocycles. The predicted octanol–water partition coefficient (Wildman–Crippen LogP) is 2.92. The van der Waals surface area contributed by atoms with Crippen molar-refractivity contribution in [2.24, 2.45) is 0 Å². The van der Waals surface area contributed by atoms with Crippen LogP contribution in [0.3, 0.4) is 0 Å². The summed E-state index contributed by atoms with van der Waals surface area (Å²) < 4.78 is 1.71.